The molecular weight excluding hydrogens is 248 g/mol. The fraction of sp³-hybridized carbons (Fsp3) is 0.588. The predicted molar refractivity (Wildman–Crippen MR) is 80.4 cm³/mol. The SMILES string of the molecule is NC(=O)C[C@H]1CCCc2cc(CN3CCCC3)ccc21. The van der Waals surface area contributed by atoms with Gasteiger partial charge in [0.1, 0.15) is 0 Å². The number of rotatable bonds is 4. The number of aryl methyl sites for hydroxylation is 1. The minimum atomic E-state index is -0.177. The van der Waals surface area contributed by atoms with Crippen LogP contribution in [-0.2, 0) is 17.8 Å². The van der Waals surface area contributed by atoms with Gasteiger partial charge in [-0.3, -0.25) is 9.69 Å². The lowest BCUT2D eigenvalue weighted by Gasteiger charge is -2.26. The van der Waals surface area contributed by atoms with Gasteiger partial charge in [-0.25, -0.2) is 0 Å². The second kappa shape index (κ2) is 5.96. The Morgan fingerprint density at radius 2 is 2.05 bits per heavy atom. The molecule has 1 aliphatic carbocycles. The van der Waals surface area contributed by atoms with Gasteiger partial charge in [-0.05, 0) is 67.8 Å². The molecule has 20 heavy (non-hydrogen) atoms. The average Bonchev–Trinajstić information content (AvgIpc) is 2.91. The van der Waals surface area contributed by atoms with E-state index in [-0.39, 0.29) is 5.91 Å². The van der Waals surface area contributed by atoms with Gasteiger partial charge in [-0.1, -0.05) is 18.2 Å². The number of likely N-dealkylation sites (tertiary alicyclic amines) is 1. The van der Waals surface area contributed by atoms with Gasteiger partial charge in [-0.2, -0.15) is 0 Å². The molecule has 2 N–H and O–H groups in total. The van der Waals surface area contributed by atoms with E-state index in [1.54, 1.807) is 0 Å². The van der Waals surface area contributed by atoms with Crippen LogP contribution in [0.2, 0.25) is 0 Å². The summed E-state index contributed by atoms with van der Waals surface area (Å²) in [6, 6.07) is 6.85. The van der Waals surface area contributed by atoms with Gasteiger partial charge in [0, 0.05) is 13.0 Å². The summed E-state index contributed by atoms with van der Waals surface area (Å²) in [6.07, 6.45) is 6.60. The van der Waals surface area contributed by atoms with E-state index in [4.69, 9.17) is 5.73 Å². The number of nitrogens with two attached hydrogens (primary N) is 1. The highest BCUT2D eigenvalue weighted by Gasteiger charge is 2.22. The third kappa shape index (κ3) is 3.04. The highest BCUT2D eigenvalue weighted by Crippen LogP contribution is 2.34. The summed E-state index contributed by atoms with van der Waals surface area (Å²) in [4.78, 5) is 13.7. The molecule has 3 heteroatoms. The van der Waals surface area contributed by atoms with Crippen LogP contribution >= 0.6 is 0 Å². The smallest absolute Gasteiger partial charge is 0.218 e. The molecule has 1 aliphatic heterocycles. The van der Waals surface area contributed by atoms with Crippen molar-refractivity contribution < 1.29 is 4.79 Å². The first kappa shape index (κ1) is 13.6. The Labute approximate surface area is 121 Å². The molecular formula is C17H24N2O. The molecule has 1 fully saturated rings. The second-order valence-electron chi connectivity index (χ2n) is 6.28. The maximum atomic E-state index is 11.2. The number of carbonyl (C=O) groups is 1. The lowest BCUT2D eigenvalue weighted by molar-refractivity contribution is -0.118. The molecule has 3 nitrogen and oxygen atoms in total. The van der Waals surface area contributed by atoms with Crippen molar-refractivity contribution in [1.82, 2.24) is 4.90 Å². The number of benzene rings is 1. The van der Waals surface area contributed by atoms with Crippen LogP contribution in [0.15, 0.2) is 18.2 Å². The van der Waals surface area contributed by atoms with Crippen LogP contribution in [0.1, 0.15) is 54.7 Å². The number of amides is 1. The Hall–Kier alpha value is -1.35. The minimum absolute atomic E-state index is 0.177. The van der Waals surface area contributed by atoms with Crippen LogP contribution in [0.25, 0.3) is 0 Å². The van der Waals surface area contributed by atoms with E-state index in [9.17, 15) is 4.79 Å². The third-order valence-electron chi connectivity index (χ3n) is 4.70. The van der Waals surface area contributed by atoms with Crippen molar-refractivity contribution in [1.29, 1.82) is 0 Å². The van der Waals surface area contributed by atoms with E-state index in [1.807, 2.05) is 0 Å². The molecule has 3 rings (SSSR count). The van der Waals surface area contributed by atoms with Crippen molar-refractivity contribution in [2.75, 3.05) is 13.1 Å². The molecule has 1 aromatic carbocycles. The Bertz CT molecular complexity index is 492. The molecule has 0 radical (unpaired) electrons. The Kier molecular flexibility index (Phi) is 4.06. The monoisotopic (exact) mass is 272 g/mol. The van der Waals surface area contributed by atoms with Crippen molar-refractivity contribution in [2.45, 2.75) is 51.0 Å². The van der Waals surface area contributed by atoms with E-state index in [1.165, 1.54) is 49.0 Å². The van der Waals surface area contributed by atoms with Crippen LogP contribution in [0.5, 0.6) is 0 Å². The summed E-state index contributed by atoms with van der Waals surface area (Å²) in [5.41, 5.74) is 9.60. The molecule has 1 aromatic rings. The number of fused-ring (bicyclic) bond motifs is 1. The van der Waals surface area contributed by atoms with Crippen molar-refractivity contribution in [2.24, 2.45) is 5.73 Å². The fourth-order valence-corrected chi connectivity index (χ4v) is 3.72. The van der Waals surface area contributed by atoms with E-state index < -0.39 is 0 Å². The van der Waals surface area contributed by atoms with Crippen molar-refractivity contribution in [3.05, 3.63) is 34.9 Å². The van der Waals surface area contributed by atoms with Gasteiger partial charge in [0.2, 0.25) is 5.91 Å². The molecule has 0 unspecified atom stereocenters. The number of nitrogens with zero attached hydrogens (tertiary/aromatic N) is 1. The van der Waals surface area contributed by atoms with E-state index >= 15 is 0 Å². The maximum Gasteiger partial charge on any atom is 0.218 e. The molecule has 0 saturated carbocycles. The van der Waals surface area contributed by atoms with Gasteiger partial charge in [0.15, 0.2) is 0 Å². The molecule has 1 saturated heterocycles. The lowest BCUT2D eigenvalue weighted by Crippen LogP contribution is -2.20. The largest absolute Gasteiger partial charge is 0.370 e. The zero-order chi connectivity index (χ0) is 13.9. The van der Waals surface area contributed by atoms with Crippen LogP contribution in [0, 0.1) is 0 Å². The summed E-state index contributed by atoms with van der Waals surface area (Å²) in [5, 5.41) is 0. The van der Waals surface area contributed by atoms with Crippen LogP contribution < -0.4 is 5.73 Å². The van der Waals surface area contributed by atoms with E-state index in [0.29, 0.717) is 12.3 Å². The molecule has 1 atom stereocenters. The summed E-state index contributed by atoms with van der Waals surface area (Å²) < 4.78 is 0. The van der Waals surface area contributed by atoms with Crippen molar-refractivity contribution >= 4 is 5.91 Å². The van der Waals surface area contributed by atoms with Gasteiger partial charge in [0.25, 0.3) is 0 Å². The molecule has 1 amide bonds. The summed E-state index contributed by atoms with van der Waals surface area (Å²) >= 11 is 0. The van der Waals surface area contributed by atoms with E-state index in [0.717, 1.165) is 19.4 Å². The minimum Gasteiger partial charge on any atom is -0.370 e. The van der Waals surface area contributed by atoms with Crippen molar-refractivity contribution in [3.63, 3.8) is 0 Å². The number of hydrogen-bond acceptors (Lipinski definition) is 2. The first-order chi connectivity index (χ1) is 9.72. The summed E-state index contributed by atoms with van der Waals surface area (Å²) in [7, 11) is 0. The Morgan fingerprint density at radius 1 is 1.25 bits per heavy atom. The van der Waals surface area contributed by atoms with Crippen LogP contribution in [0.4, 0.5) is 0 Å². The van der Waals surface area contributed by atoms with Crippen LogP contribution in [0.3, 0.4) is 0 Å². The van der Waals surface area contributed by atoms with Crippen molar-refractivity contribution in [3.8, 4) is 0 Å². The first-order valence-electron chi connectivity index (χ1n) is 7.85. The zero-order valence-electron chi connectivity index (χ0n) is 12.1. The lowest BCUT2D eigenvalue weighted by atomic mass is 9.80. The standard InChI is InChI=1S/C17H24N2O/c18-17(20)11-15-5-3-4-14-10-13(6-7-16(14)15)12-19-8-1-2-9-19/h6-7,10,15H,1-5,8-9,11-12H2,(H2,18,20)/t15-/m1/s1. The van der Waals surface area contributed by atoms with Gasteiger partial charge in [-0.15, -0.1) is 0 Å². The molecule has 0 bridgehead atoms. The van der Waals surface area contributed by atoms with Gasteiger partial charge >= 0.3 is 0 Å². The summed E-state index contributed by atoms with van der Waals surface area (Å²) in [5.74, 6) is 0.168. The maximum absolute atomic E-state index is 11.2. The number of primary amides is 1. The third-order valence-corrected chi connectivity index (χ3v) is 4.70. The topological polar surface area (TPSA) is 46.3 Å². The average molecular weight is 272 g/mol. The highest BCUT2D eigenvalue weighted by atomic mass is 16.1. The second-order valence-corrected chi connectivity index (χ2v) is 6.28. The normalized spacial score (nSPS) is 22.7. The molecule has 1 heterocycles. The number of hydrogen-bond donors (Lipinski definition) is 1. The van der Waals surface area contributed by atoms with Crippen LogP contribution in [-0.4, -0.2) is 23.9 Å². The van der Waals surface area contributed by atoms with E-state index in [2.05, 4.69) is 23.1 Å². The molecule has 108 valence electrons. The fourth-order valence-electron chi connectivity index (χ4n) is 3.72. The Morgan fingerprint density at radius 3 is 2.80 bits per heavy atom. The number of carbonyl (C=O) groups excluding carboxylic acids is 1. The molecule has 0 spiro atoms. The first-order valence-corrected chi connectivity index (χ1v) is 7.85. The summed E-state index contributed by atoms with van der Waals surface area (Å²) in [6.45, 7) is 3.55. The van der Waals surface area contributed by atoms with Gasteiger partial charge in [0.05, 0.1) is 0 Å². The Balaban J connectivity index is 1.75. The molecule has 0 aromatic heterocycles. The molecule has 2 aliphatic rings. The zero-order valence-corrected chi connectivity index (χ0v) is 12.1. The quantitative estimate of drug-likeness (QED) is 0.915. The highest BCUT2D eigenvalue weighted by molar-refractivity contribution is 5.75. The van der Waals surface area contributed by atoms with Gasteiger partial charge < -0.3 is 5.73 Å². The predicted octanol–water partition coefficient (Wildman–Crippen LogP) is 2.58.